The van der Waals surface area contributed by atoms with E-state index in [2.05, 4.69) is 10.3 Å². The first-order valence-corrected chi connectivity index (χ1v) is 14.3. The molecule has 1 amide bonds. The molecule has 0 spiro atoms. The maximum Gasteiger partial charge on any atom is 0.243 e. The van der Waals surface area contributed by atoms with Gasteiger partial charge in [0, 0.05) is 18.2 Å². The first-order valence-electron chi connectivity index (χ1n) is 12.8. The van der Waals surface area contributed by atoms with Crippen LogP contribution in [0.2, 0.25) is 0 Å². The van der Waals surface area contributed by atoms with Crippen LogP contribution in [-0.2, 0) is 20.2 Å². The number of anilines is 1. The van der Waals surface area contributed by atoms with Crippen molar-refractivity contribution in [2.75, 3.05) is 31.7 Å². The Morgan fingerprint density at radius 1 is 1.05 bits per heavy atom. The maximum atomic E-state index is 13.3. The van der Waals surface area contributed by atoms with Crippen molar-refractivity contribution in [1.82, 2.24) is 9.29 Å². The zero-order valence-corrected chi connectivity index (χ0v) is 21.6. The van der Waals surface area contributed by atoms with Crippen LogP contribution >= 0.6 is 0 Å². The predicted molar refractivity (Wildman–Crippen MR) is 141 cm³/mol. The lowest BCUT2D eigenvalue weighted by molar-refractivity contribution is -0.118. The zero-order valence-electron chi connectivity index (χ0n) is 20.8. The minimum Gasteiger partial charge on any atom is -0.486 e. The molecule has 1 atom stereocenters. The van der Waals surface area contributed by atoms with E-state index in [9.17, 15) is 18.3 Å². The van der Waals surface area contributed by atoms with Crippen molar-refractivity contribution in [3.05, 3.63) is 66.2 Å². The van der Waals surface area contributed by atoms with E-state index in [0.717, 1.165) is 30.4 Å². The quantitative estimate of drug-likeness (QED) is 0.476. The summed E-state index contributed by atoms with van der Waals surface area (Å²) in [6.45, 7) is 1.23. The molecule has 1 saturated carbocycles. The number of nitrogens with one attached hydrogen (secondary N) is 1. The number of sulfonamides is 1. The molecule has 0 unspecified atom stereocenters. The fourth-order valence-corrected chi connectivity index (χ4v) is 6.94. The van der Waals surface area contributed by atoms with Crippen LogP contribution in [0.1, 0.15) is 31.2 Å². The van der Waals surface area contributed by atoms with Gasteiger partial charge in [0.25, 0.3) is 0 Å². The number of aliphatic hydroxyl groups is 1. The minimum absolute atomic E-state index is 0.121. The molecule has 3 aliphatic rings. The highest BCUT2D eigenvalue weighted by Crippen LogP contribution is 2.50. The van der Waals surface area contributed by atoms with Gasteiger partial charge in [0.2, 0.25) is 15.9 Å². The van der Waals surface area contributed by atoms with Crippen molar-refractivity contribution >= 4 is 21.7 Å². The van der Waals surface area contributed by atoms with Crippen molar-refractivity contribution in [2.24, 2.45) is 0 Å². The van der Waals surface area contributed by atoms with Gasteiger partial charge in [-0.15, -0.1) is 0 Å². The molecule has 3 aromatic rings. The standard InChI is InChI=1S/C28H29N3O6S/c32-18-21-3-2-14-31(21)38(34,35)22-9-6-19(7-10-22)23-4-1-5-26(29-23)30-27(33)28(12-13-28)20-8-11-24-25(17-20)37-16-15-36-24/h1,4-11,17,21,32H,2-3,12-16,18H2,(H,29,30,33)/t21-/m1/s1. The lowest BCUT2D eigenvalue weighted by atomic mass is 9.94. The number of aliphatic hydroxyl groups excluding tert-OH is 1. The third kappa shape index (κ3) is 4.42. The fourth-order valence-electron chi connectivity index (χ4n) is 5.26. The molecule has 1 aromatic heterocycles. The third-order valence-corrected chi connectivity index (χ3v) is 9.53. The van der Waals surface area contributed by atoms with Gasteiger partial charge >= 0.3 is 0 Å². The van der Waals surface area contributed by atoms with E-state index in [4.69, 9.17) is 9.47 Å². The van der Waals surface area contributed by atoms with Gasteiger partial charge in [0.15, 0.2) is 11.5 Å². The van der Waals surface area contributed by atoms with Crippen LogP contribution in [0.3, 0.4) is 0 Å². The van der Waals surface area contributed by atoms with Crippen molar-refractivity contribution in [1.29, 1.82) is 0 Å². The molecular formula is C28H29N3O6S. The first kappa shape index (κ1) is 24.8. The summed E-state index contributed by atoms with van der Waals surface area (Å²) in [5.41, 5.74) is 1.62. The largest absolute Gasteiger partial charge is 0.486 e. The van der Waals surface area contributed by atoms with Crippen LogP contribution in [0.25, 0.3) is 11.3 Å². The smallest absolute Gasteiger partial charge is 0.243 e. The lowest BCUT2D eigenvalue weighted by Gasteiger charge is -2.22. The Morgan fingerprint density at radius 3 is 2.55 bits per heavy atom. The van der Waals surface area contributed by atoms with Crippen LogP contribution < -0.4 is 14.8 Å². The molecule has 6 rings (SSSR count). The fraction of sp³-hybridized carbons (Fsp3) is 0.357. The highest BCUT2D eigenvalue weighted by atomic mass is 32.2. The van der Waals surface area contributed by atoms with E-state index in [1.54, 1.807) is 30.3 Å². The Kier molecular flexibility index (Phi) is 6.33. The summed E-state index contributed by atoms with van der Waals surface area (Å²) in [4.78, 5) is 18.1. The number of benzene rings is 2. The van der Waals surface area contributed by atoms with E-state index < -0.39 is 15.4 Å². The molecule has 3 heterocycles. The number of carbonyl (C=O) groups excluding carboxylic acids is 1. The predicted octanol–water partition coefficient (Wildman–Crippen LogP) is 3.34. The third-order valence-electron chi connectivity index (χ3n) is 7.56. The molecule has 2 fully saturated rings. The zero-order chi connectivity index (χ0) is 26.3. The summed E-state index contributed by atoms with van der Waals surface area (Å²) in [5.74, 6) is 1.66. The summed E-state index contributed by atoms with van der Waals surface area (Å²) >= 11 is 0. The number of rotatable bonds is 7. The number of hydrogen-bond donors (Lipinski definition) is 2. The highest BCUT2D eigenvalue weighted by Gasteiger charge is 2.51. The molecule has 2 aliphatic heterocycles. The number of fused-ring (bicyclic) bond motifs is 1. The maximum absolute atomic E-state index is 13.3. The Labute approximate surface area is 221 Å². The number of pyridine rings is 1. The molecular weight excluding hydrogens is 506 g/mol. The van der Waals surface area contributed by atoms with Crippen molar-refractivity contribution < 1.29 is 27.8 Å². The normalized spacial score (nSPS) is 20.2. The van der Waals surface area contributed by atoms with Crippen LogP contribution in [0.4, 0.5) is 5.82 Å². The number of amides is 1. The molecule has 9 nitrogen and oxygen atoms in total. The Hall–Kier alpha value is -3.47. The molecule has 198 valence electrons. The number of ether oxygens (including phenoxy) is 2. The van der Waals surface area contributed by atoms with Gasteiger partial charge in [0.1, 0.15) is 19.0 Å². The van der Waals surface area contributed by atoms with E-state index in [0.29, 0.717) is 49.2 Å². The Balaban J connectivity index is 1.19. The van der Waals surface area contributed by atoms with E-state index in [-0.39, 0.29) is 23.5 Å². The van der Waals surface area contributed by atoms with E-state index in [1.165, 1.54) is 4.31 Å². The average Bonchev–Trinajstić information content (AvgIpc) is 3.62. The first-order chi connectivity index (χ1) is 18.4. The van der Waals surface area contributed by atoms with Gasteiger partial charge in [-0.1, -0.05) is 24.3 Å². The molecule has 38 heavy (non-hydrogen) atoms. The highest BCUT2D eigenvalue weighted by molar-refractivity contribution is 7.89. The summed E-state index contributed by atoms with van der Waals surface area (Å²) in [6.07, 6.45) is 2.87. The van der Waals surface area contributed by atoms with Gasteiger partial charge in [-0.2, -0.15) is 4.31 Å². The molecule has 1 saturated heterocycles. The monoisotopic (exact) mass is 535 g/mol. The average molecular weight is 536 g/mol. The van der Waals surface area contributed by atoms with Crippen molar-refractivity contribution in [2.45, 2.75) is 42.0 Å². The summed E-state index contributed by atoms with van der Waals surface area (Å²) < 4.78 is 38.8. The second-order valence-electron chi connectivity index (χ2n) is 9.92. The molecule has 10 heteroatoms. The van der Waals surface area contributed by atoms with Crippen molar-refractivity contribution in [3.8, 4) is 22.8 Å². The van der Waals surface area contributed by atoms with E-state index in [1.807, 2.05) is 30.3 Å². The molecule has 1 aliphatic carbocycles. The number of nitrogens with zero attached hydrogens (tertiary/aromatic N) is 2. The second kappa shape index (κ2) is 9.68. The topological polar surface area (TPSA) is 118 Å². The summed E-state index contributed by atoms with van der Waals surface area (Å²) in [7, 11) is -3.69. The Bertz CT molecular complexity index is 1470. The lowest BCUT2D eigenvalue weighted by Crippen LogP contribution is -2.37. The molecule has 2 aromatic carbocycles. The van der Waals surface area contributed by atoms with Crippen LogP contribution in [-0.4, -0.2) is 61.1 Å². The summed E-state index contributed by atoms with van der Waals surface area (Å²) in [6, 6.07) is 17.2. The van der Waals surface area contributed by atoms with Gasteiger partial charge in [0.05, 0.1) is 22.6 Å². The molecule has 0 bridgehead atoms. The second-order valence-corrected chi connectivity index (χ2v) is 11.8. The van der Waals surface area contributed by atoms with Gasteiger partial charge < -0.3 is 19.9 Å². The molecule has 0 radical (unpaired) electrons. The minimum atomic E-state index is -3.69. The SMILES string of the molecule is O=C(Nc1cccc(-c2ccc(S(=O)(=O)N3CCC[C@@H]3CO)cc2)n1)C1(c2ccc3c(c2)OCCO3)CC1. The van der Waals surface area contributed by atoms with Crippen LogP contribution in [0.15, 0.2) is 65.6 Å². The molecule has 2 N–H and O–H groups in total. The van der Waals surface area contributed by atoms with Crippen molar-refractivity contribution in [3.63, 3.8) is 0 Å². The number of carbonyl (C=O) groups is 1. The summed E-state index contributed by atoms with van der Waals surface area (Å²) in [5, 5.41) is 12.5. The Morgan fingerprint density at radius 2 is 1.82 bits per heavy atom. The number of hydrogen-bond acceptors (Lipinski definition) is 7. The van der Waals surface area contributed by atoms with Crippen LogP contribution in [0.5, 0.6) is 11.5 Å². The van der Waals surface area contributed by atoms with Gasteiger partial charge in [-0.3, -0.25) is 4.79 Å². The van der Waals surface area contributed by atoms with E-state index >= 15 is 0 Å². The van der Waals surface area contributed by atoms with Crippen LogP contribution in [0, 0.1) is 0 Å². The number of aromatic nitrogens is 1. The van der Waals surface area contributed by atoms with Gasteiger partial charge in [-0.05, 0) is 67.6 Å². The van der Waals surface area contributed by atoms with Gasteiger partial charge in [-0.25, -0.2) is 13.4 Å².